The topological polar surface area (TPSA) is 78.6 Å². The molecule has 8 heteroatoms. The molecule has 1 fully saturated rings. The van der Waals surface area contributed by atoms with Gasteiger partial charge in [0.25, 0.3) is 0 Å². The third-order valence-corrected chi connectivity index (χ3v) is 4.93. The molecule has 28 heavy (non-hydrogen) atoms. The summed E-state index contributed by atoms with van der Waals surface area (Å²) in [7, 11) is 0. The molecule has 0 aliphatic carbocycles. The molecule has 0 bridgehead atoms. The van der Waals surface area contributed by atoms with Crippen molar-refractivity contribution in [2.45, 2.75) is 32.6 Å². The number of hydrogen-bond donors (Lipinski definition) is 2. The van der Waals surface area contributed by atoms with Crippen LogP contribution in [0.3, 0.4) is 0 Å². The smallest absolute Gasteiger partial charge is 0.228 e. The van der Waals surface area contributed by atoms with Crippen molar-refractivity contribution >= 4 is 17.6 Å². The van der Waals surface area contributed by atoms with Crippen molar-refractivity contribution in [3.8, 4) is 11.4 Å². The fraction of sp³-hybridized carbons (Fsp3) is 0.550. The lowest BCUT2D eigenvalue weighted by Crippen LogP contribution is -2.39. The van der Waals surface area contributed by atoms with E-state index in [9.17, 15) is 0 Å². The monoisotopic (exact) mass is 404 g/mol. The third-order valence-electron chi connectivity index (χ3n) is 4.68. The van der Waals surface area contributed by atoms with Crippen molar-refractivity contribution in [3.05, 3.63) is 35.2 Å². The molecule has 2 aromatic rings. The standard InChI is InChI=1S/C20H29ClN6O/c1-2-22-20(24-12-15-27-13-4-3-5-14-27)23-11-10-18-25-19(26-28-18)16-6-8-17(21)9-7-16/h6-9H,2-5,10-15H2,1H3,(H2,22,23,24). The highest BCUT2D eigenvalue weighted by molar-refractivity contribution is 6.30. The highest BCUT2D eigenvalue weighted by Crippen LogP contribution is 2.18. The maximum Gasteiger partial charge on any atom is 0.228 e. The molecule has 0 radical (unpaired) electrons. The molecule has 1 aliphatic heterocycles. The predicted octanol–water partition coefficient (Wildman–Crippen LogP) is 2.97. The van der Waals surface area contributed by atoms with Gasteiger partial charge in [-0.05, 0) is 57.1 Å². The summed E-state index contributed by atoms with van der Waals surface area (Å²) >= 11 is 5.92. The Morgan fingerprint density at radius 3 is 2.71 bits per heavy atom. The number of rotatable bonds is 8. The number of aromatic nitrogens is 2. The first-order valence-electron chi connectivity index (χ1n) is 10.1. The molecular weight excluding hydrogens is 376 g/mol. The van der Waals surface area contributed by atoms with Crippen LogP contribution in [0.15, 0.2) is 33.8 Å². The molecule has 152 valence electrons. The second-order valence-corrected chi connectivity index (χ2v) is 7.29. The van der Waals surface area contributed by atoms with Gasteiger partial charge in [-0.3, -0.25) is 4.99 Å². The van der Waals surface area contributed by atoms with E-state index in [-0.39, 0.29) is 0 Å². The molecule has 0 atom stereocenters. The number of benzene rings is 1. The zero-order valence-electron chi connectivity index (χ0n) is 16.5. The summed E-state index contributed by atoms with van der Waals surface area (Å²) in [6.45, 7) is 7.80. The van der Waals surface area contributed by atoms with Crippen LogP contribution in [0.1, 0.15) is 32.1 Å². The second kappa shape index (κ2) is 11.0. The fourth-order valence-electron chi connectivity index (χ4n) is 3.19. The van der Waals surface area contributed by atoms with Crippen molar-refractivity contribution in [2.75, 3.05) is 39.3 Å². The predicted molar refractivity (Wildman–Crippen MR) is 113 cm³/mol. The molecule has 0 unspecified atom stereocenters. The van der Waals surface area contributed by atoms with E-state index >= 15 is 0 Å². The number of nitrogens with one attached hydrogen (secondary N) is 2. The van der Waals surface area contributed by atoms with Gasteiger partial charge in [0.1, 0.15) is 0 Å². The van der Waals surface area contributed by atoms with E-state index in [0.717, 1.165) is 31.2 Å². The molecule has 1 aliphatic rings. The van der Waals surface area contributed by atoms with Crippen LogP contribution in [-0.4, -0.2) is 60.3 Å². The average Bonchev–Trinajstić information content (AvgIpc) is 3.18. The highest BCUT2D eigenvalue weighted by atomic mass is 35.5. The molecule has 1 aromatic heterocycles. The van der Waals surface area contributed by atoms with Gasteiger partial charge in [-0.2, -0.15) is 4.98 Å². The lowest BCUT2D eigenvalue weighted by atomic mass is 10.1. The van der Waals surface area contributed by atoms with Crippen LogP contribution in [0.5, 0.6) is 0 Å². The van der Waals surface area contributed by atoms with Crippen LogP contribution < -0.4 is 10.6 Å². The van der Waals surface area contributed by atoms with E-state index in [1.165, 1.54) is 32.4 Å². The van der Waals surface area contributed by atoms with Crippen LogP contribution in [0.4, 0.5) is 0 Å². The number of piperidine rings is 1. The van der Waals surface area contributed by atoms with E-state index in [2.05, 4.69) is 37.6 Å². The number of nitrogens with zero attached hydrogens (tertiary/aromatic N) is 4. The number of likely N-dealkylation sites (tertiary alicyclic amines) is 1. The second-order valence-electron chi connectivity index (χ2n) is 6.86. The fourth-order valence-corrected chi connectivity index (χ4v) is 3.31. The van der Waals surface area contributed by atoms with E-state index in [0.29, 0.717) is 29.7 Å². The van der Waals surface area contributed by atoms with E-state index < -0.39 is 0 Å². The lowest BCUT2D eigenvalue weighted by molar-refractivity contribution is 0.235. The Labute approximate surface area is 171 Å². The van der Waals surface area contributed by atoms with Crippen LogP contribution in [0.2, 0.25) is 5.02 Å². The Morgan fingerprint density at radius 1 is 1.18 bits per heavy atom. The van der Waals surface area contributed by atoms with Gasteiger partial charge in [0, 0.05) is 36.6 Å². The quantitative estimate of drug-likeness (QED) is 0.520. The molecule has 0 spiro atoms. The van der Waals surface area contributed by atoms with Gasteiger partial charge in [-0.15, -0.1) is 0 Å². The molecule has 2 heterocycles. The Balaban J connectivity index is 1.44. The molecule has 1 saturated heterocycles. The summed E-state index contributed by atoms with van der Waals surface area (Å²) in [6.07, 6.45) is 4.62. The van der Waals surface area contributed by atoms with Gasteiger partial charge in [-0.1, -0.05) is 23.2 Å². The zero-order valence-corrected chi connectivity index (χ0v) is 17.2. The van der Waals surface area contributed by atoms with Crippen molar-refractivity contribution in [2.24, 2.45) is 4.99 Å². The number of halogens is 1. The van der Waals surface area contributed by atoms with E-state index in [1.807, 2.05) is 24.3 Å². The van der Waals surface area contributed by atoms with Gasteiger partial charge in [-0.25, -0.2) is 0 Å². The van der Waals surface area contributed by atoms with Crippen molar-refractivity contribution < 1.29 is 4.52 Å². The van der Waals surface area contributed by atoms with Crippen LogP contribution >= 0.6 is 11.6 Å². The molecule has 7 nitrogen and oxygen atoms in total. The number of aliphatic imine (C=N–C) groups is 1. The minimum absolute atomic E-state index is 0.578. The Bertz CT molecular complexity index is 739. The number of hydrogen-bond acceptors (Lipinski definition) is 5. The summed E-state index contributed by atoms with van der Waals surface area (Å²) < 4.78 is 5.35. The van der Waals surface area contributed by atoms with Crippen molar-refractivity contribution in [1.29, 1.82) is 0 Å². The van der Waals surface area contributed by atoms with Crippen LogP contribution in [0, 0.1) is 0 Å². The summed E-state index contributed by atoms with van der Waals surface area (Å²) in [5.41, 5.74) is 0.889. The largest absolute Gasteiger partial charge is 0.357 e. The van der Waals surface area contributed by atoms with Gasteiger partial charge < -0.3 is 20.1 Å². The van der Waals surface area contributed by atoms with Gasteiger partial charge >= 0.3 is 0 Å². The normalized spacial score (nSPS) is 15.6. The Kier molecular flexibility index (Phi) is 8.11. The minimum atomic E-state index is 0.578. The molecule has 2 N–H and O–H groups in total. The molecule has 0 amide bonds. The summed E-state index contributed by atoms with van der Waals surface area (Å²) in [6, 6.07) is 7.40. The van der Waals surface area contributed by atoms with Crippen LogP contribution in [-0.2, 0) is 6.42 Å². The highest BCUT2D eigenvalue weighted by Gasteiger charge is 2.10. The molecule has 0 saturated carbocycles. The summed E-state index contributed by atoms with van der Waals surface area (Å²) in [5.74, 6) is 2.01. The summed E-state index contributed by atoms with van der Waals surface area (Å²) in [5, 5.41) is 11.4. The van der Waals surface area contributed by atoms with Gasteiger partial charge in [0.15, 0.2) is 5.96 Å². The SMILES string of the molecule is CCNC(=NCCN1CCCCC1)NCCc1nc(-c2ccc(Cl)cc2)no1. The first kappa shape index (κ1) is 20.6. The molecular formula is C20H29ClN6O. The van der Waals surface area contributed by atoms with E-state index in [1.54, 1.807) is 0 Å². The minimum Gasteiger partial charge on any atom is -0.357 e. The molecule has 1 aromatic carbocycles. The Hall–Kier alpha value is -2.12. The molecule has 3 rings (SSSR count). The number of guanidine groups is 1. The lowest BCUT2D eigenvalue weighted by Gasteiger charge is -2.25. The first-order valence-corrected chi connectivity index (χ1v) is 10.5. The average molecular weight is 405 g/mol. The Morgan fingerprint density at radius 2 is 1.96 bits per heavy atom. The van der Waals surface area contributed by atoms with Crippen LogP contribution in [0.25, 0.3) is 11.4 Å². The maximum absolute atomic E-state index is 5.92. The van der Waals surface area contributed by atoms with Crippen molar-refractivity contribution in [3.63, 3.8) is 0 Å². The summed E-state index contributed by atoms with van der Waals surface area (Å²) in [4.78, 5) is 11.6. The first-order chi connectivity index (χ1) is 13.7. The van der Waals surface area contributed by atoms with E-state index in [4.69, 9.17) is 16.1 Å². The zero-order chi connectivity index (χ0) is 19.6. The van der Waals surface area contributed by atoms with Gasteiger partial charge in [0.05, 0.1) is 6.54 Å². The van der Waals surface area contributed by atoms with Gasteiger partial charge in [0.2, 0.25) is 11.7 Å². The van der Waals surface area contributed by atoms with Crippen molar-refractivity contribution in [1.82, 2.24) is 25.7 Å². The third kappa shape index (κ3) is 6.49. The maximum atomic E-state index is 5.92.